The maximum Gasteiger partial charge on any atom is 0.226 e. The first-order chi connectivity index (χ1) is 10.3. The summed E-state index contributed by atoms with van der Waals surface area (Å²) in [7, 11) is 0. The Kier molecular flexibility index (Phi) is 2.89. The Bertz CT molecular complexity index is 701. The largest absolute Gasteiger partial charge is 0.337 e. The van der Waals surface area contributed by atoms with Crippen LogP contribution >= 0.6 is 0 Å². The molecule has 108 valence electrons. The van der Waals surface area contributed by atoms with Crippen LogP contribution in [-0.2, 0) is 6.42 Å². The summed E-state index contributed by atoms with van der Waals surface area (Å²) in [6.07, 6.45) is 4.81. The molecule has 0 saturated carbocycles. The minimum Gasteiger partial charge on any atom is -0.337 e. The average Bonchev–Trinajstić information content (AvgIpc) is 3.09. The minimum absolute atomic E-state index is 0.197. The van der Waals surface area contributed by atoms with Gasteiger partial charge in [-0.15, -0.1) is 0 Å². The second kappa shape index (κ2) is 4.77. The number of hydrogen-bond donors (Lipinski definition) is 1. The van der Waals surface area contributed by atoms with Crippen molar-refractivity contribution in [1.82, 2.24) is 9.97 Å². The van der Waals surface area contributed by atoms with E-state index in [2.05, 4.69) is 9.88 Å². The zero-order valence-electron chi connectivity index (χ0n) is 11.7. The van der Waals surface area contributed by atoms with Crippen LogP contribution in [0.1, 0.15) is 24.0 Å². The van der Waals surface area contributed by atoms with E-state index >= 15 is 0 Å². The Morgan fingerprint density at radius 3 is 3.10 bits per heavy atom. The highest BCUT2D eigenvalue weighted by atomic mass is 19.1. The molecule has 1 aromatic heterocycles. The summed E-state index contributed by atoms with van der Waals surface area (Å²) in [5, 5.41) is 0. The fourth-order valence-electron chi connectivity index (χ4n) is 3.39. The molecular weight excluding hydrogens is 267 g/mol. The van der Waals surface area contributed by atoms with Crippen molar-refractivity contribution in [3.8, 4) is 11.3 Å². The molecule has 1 aliphatic heterocycles. The average molecular weight is 284 g/mol. The summed E-state index contributed by atoms with van der Waals surface area (Å²) in [4.78, 5) is 11.4. The lowest BCUT2D eigenvalue weighted by atomic mass is 10.1. The van der Waals surface area contributed by atoms with Crippen LogP contribution < -0.4 is 10.6 Å². The van der Waals surface area contributed by atoms with Crippen molar-refractivity contribution in [2.24, 2.45) is 5.73 Å². The molecule has 1 saturated heterocycles. The predicted octanol–water partition coefficient (Wildman–Crippen LogP) is 2.11. The van der Waals surface area contributed by atoms with E-state index in [-0.39, 0.29) is 5.82 Å². The lowest BCUT2D eigenvalue weighted by Gasteiger charge is -2.23. The Morgan fingerprint density at radius 1 is 1.33 bits per heavy atom. The molecule has 0 radical (unpaired) electrons. The van der Waals surface area contributed by atoms with Gasteiger partial charge in [0.15, 0.2) is 0 Å². The monoisotopic (exact) mass is 284 g/mol. The van der Waals surface area contributed by atoms with E-state index in [1.54, 1.807) is 6.07 Å². The molecule has 0 spiro atoms. The normalized spacial score (nSPS) is 19.7. The number of nitrogens with two attached hydrogens (primary N) is 1. The summed E-state index contributed by atoms with van der Waals surface area (Å²) in [5.41, 5.74) is 9.86. The molecular formula is C16H17FN4. The lowest BCUT2D eigenvalue weighted by molar-refractivity contribution is 0.626. The summed E-state index contributed by atoms with van der Waals surface area (Å²) in [6, 6.07) is 5.23. The Morgan fingerprint density at radius 2 is 2.24 bits per heavy atom. The van der Waals surface area contributed by atoms with Crippen molar-refractivity contribution in [2.45, 2.75) is 25.3 Å². The number of halogens is 1. The molecule has 2 heterocycles. The Balaban J connectivity index is 1.75. The number of nitrogens with zero attached hydrogens (tertiary/aromatic N) is 3. The molecule has 1 aromatic carbocycles. The number of anilines is 1. The van der Waals surface area contributed by atoms with Gasteiger partial charge in [0.1, 0.15) is 5.82 Å². The van der Waals surface area contributed by atoms with E-state index in [9.17, 15) is 4.39 Å². The van der Waals surface area contributed by atoms with Gasteiger partial charge in [0.25, 0.3) is 0 Å². The third-order valence-electron chi connectivity index (χ3n) is 4.46. The van der Waals surface area contributed by atoms with E-state index in [1.807, 2.05) is 12.3 Å². The summed E-state index contributed by atoms with van der Waals surface area (Å²) < 4.78 is 13.3. The number of aromatic nitrogens is 2. The van der Waals surface area contributed by atoms with E-state index in [0.29, 0.717) is 19.0 Å². The van der Waals surface area contributed by atoms with Gasteiger partial charge in [-0.2, -0.15) is 0 Å². The van der Waals surface area contributed by atoms with Crippen molar-refractivity contribution in [1.29, 1.82) is 0 Å². The minimum atomic E-state index is -0.197. The van der Waals surface area contributed by atoms with Gasteiger partial charge in [-0.25, -0.2) is 14.4 Å². The molecule has 5 heteroatoms. The van der Waals surface area contributed by atoms with Crippen molar-refractivity contribution in [3.05, 3.63) is 41.3 Å². The van der Waals surface area contributed by atoms with Gasteiger partial charge in [-0.1, -0.05) is 0 Å². The summed E-state index contributed by atoms with van der Waals surface area (Å²) in [6.45, 7) is 1.58. The van der Waals surface area contributed by atoms with E-state index in [0.717, 1.165) is 47.7 Å². The third kappa shape index (κ3) is 2.00. The first kappa shape index (κ1) is 12.7. The van der Waals surface area contributed by atoms with Crippen LogP contribution in [-0.4, -0.2) is 29.1 Å². The highest BCUT2D eigenvalue weighted by Crippen LogP contribution is 2.36. The smallest absolute Gasteiger partial charge is 0.226 e. The van der Waals surface area contributed by atoms with Crippen LogP contribution in [0.4, 0.5) is 10.3 Å². The second-order valence-electron chi connectivity index (χ2n) is 5.75. The molecule has 0 amide bonds. The molecule has 21 heavy (non-hydrogen) atoms. The Hall–Kier alpha value is -2.01. The van der Waals surface area contributed by atoms with Crippen LogP contribution in [0.2, 0.25) is 0 Å². The molecule has 1 atom stereocenters. The molecule has 1 fully saturated rings. The van der Waals surface area contributed by atoms with Gasteiger partial charge < -0.3 is 10.6 Å². The molecule has 2 aliphatic rings. The molecule has 1 unspecified atom stereocenters. The van der Waals surface area contributed by atoms with Crippen LogP contribution in [0.3, 0.4) is 0 Å². The third-order valence-corrected chi connectivity index (χ3v) is 4.46. The zero-order valence-corrected chi connectivity index (χ0v) is 11.7. The quantitative estimate of drug-likeness (QED) is 0.783. The first-order valence-corrected chi connectivity index (χ1v) is 7.37. The van der Waals surface area contributed by atoms with E-state index in [1.165, 1.54) is 6.07 Å². The van der Waals surface area contributed by atoms with E-state index < -0.39 is 0 Å². The summed E-state index contributed by atoms with van der Waals surface area (Å²) >= 11 is 0. The molecule has 4 rings (SSSR count). The first-order valence-electron chi connectivity index (χ1n) is 7.37. The maximum absolute atomic E-state index is 13.3. The number of benzene rings is 1. The van der Waals surface area contributed by atoms with Crippen molar-refractivity contribution in [3.63, 3.8) is 0 Å². The van der Waals surface area contributed by atoms with Crippen LogP contribution in [0.25, 0.3) is 11.3 Å². The van der Waals surface area contributed by atoms with Crippen molar-refractivity contribution < 1.29 is 4.39 Å². The molecule has 2 aromatic rings. The fourth-order valence-corrected chi connectivity index (χ4v) is 3.39. The predicted molar refractivity (Wildman–Crippen MR) is 79.7 cm³/mol. The molecule has 1 aliphatic carbocycles. The van der Waals surface area contributed by atoms with Crippen LogP contribution in [0, 0.1) is 5.82 Å². The van der Waals surface area contributed by atoms with Gasteiger partial charge in [-0.3, -0.25) is 0 Å². The SMILES string of the molecule is NCC1CCCN1c1ncc2c(n1)-c1ccc(F)cc1C2. The van der Waals surface area contributed by atoms with Gasteiger partial charge in [0.05, 0.1) is 5.69 Å². The standard InChI is InChI=1S/C16H17FN4/c17-12-3-4-14-10(7-12)6-11-9-19-16(20-15(11)14)21-5-1-2-13(21)8-18/h3-4,7,9,13H,1-2,5-6,8,18H2. The van der Waals surface area contributed by atoms with Gasteiger partial charge in [0, 0.05) is 42.9 Å². The lowest BCUT2D eigenvalue weighted by Crippen LogP contribution is -2.36. The van der Waals surface area contributed by atoms with Crippen LogP contribution in [0.5, 0.6) is 0 Å². The van der Waals surface area contributed by atoms with Crippen molar-refractivity contribution in [2.75, 3.05) is 18.0 Å². The van der Waals surface area contributed by atoms with Gasteiger partial charge in [0.2, 0.25) is 5.95 Å². The second-order valence-corrected chi connectivity index (χ2v) is 5.75. The van der Waals surface area contributed by atoms with Crippen LogP contribution in [0.15, 0.2) is 24.4 Å². The van der Waals surface area contributed by atoms with Crippen molar-refractivity contribution >= 4 is 5.95 Å². The number of hydrogen-bond acceptors (Lipinski definition) is 4. The highest BCUT2D eigenvalue weighted by Gasteiger charge is 2.28. The number of fused-ring (bicyclic) bond motifs is 3. The van der Waals surface area contributed by atoms with Gasteiger partial charge >= 0.3 is 0 Å². The van der Waals surface area contributed by atoms with E-state index in [4.69, 9.17) is 10.7 Å². The topological polar surface area (TPSA) is 55.0 Å². The summed E-state index contributed by atoms with van der Waals surface area (Å²) in [5.74, 6) is 0.552. The number of rotatable bonds is 2. The molecule has 2 N–H and O–H groups in total. The molecule has 4 nitrogen and oxygen atoms in total. The highest BCUT2D eigenvalue weighted by molar-refractivity contribution is 5.74. The molecule has 0 bridgehead atoms. The fraction of sp³-hybridized carbons (Fsp3) is 0.375. The zero-order chi connectivity index (χ0) is 14.4. The van der Waals surface area contributed by atoms with Gasteiger partial charge in [-0.05, 0) is 36.6 Å². The maximum atomic E-state index is 13.3. The Labute approximate surface area is 122 Å².